The van der Waals surface area contributed by atoms with E-state index in [1.165, 1.54) is 5.56 Å². The van der Waals surface area contributed by atoms with Crippen LogP contribution in [0.4, 0.5) is 0 Å². The van der Waals surface area contributed by atoms with E-state index in [0.29, 0.717) is 24.9 Å². The lowest BCUT2D eigenvalue weighted by molar-refractivity contribution is 0.0943. The monoisotopic (exact) mass is 424 g/mol. The molecule has 2 aliphatic rings. The van der Waals surface area contributed by atoms with E-state index in [9.17, 15) is 9.59 Å². The molecule has 3 aromatic rings. The van der Waals surface area contributed by atoms with Crippen molar-refractivity contribution in [2.24, 2.45) is 5.92 Å². The number of nitrogens with one attached hydrogen (secondary N) is 2. The Morgan fingerprint density at radius 3 is 3.00 bits per heavy atom. The molecule has 2 N–H and O–H groups in total. The van der Waals surface area contributed by atoms with Gasteiger partial charge in [0.25, 0.3) is 11.5 Å². The smallest absolute Gasteiger partial charge is 0.263 e. The van der Waals surface area contributed by atoms with Gasteiger partial charge < -0.3 is 9.88 Å². The molecule has 9 heteroatoms. The van der Waals surface area contributed by atoms with Gasteiger partial charge in [-0.2, -0.15) is 5.10 Å². The largest absolute Gasteiger partial charge is 0.346 e. The first-order valence-corrected chi connectivity index (χ1v) is 11.1. The van der Waals surface area contributed by atoms with Gasteiger partial charge >= 0.3 is 0 Å². The number of amides is 1. The number of rotatable bonds is 5. The third kappa shape index (κ3) is 3.70. The Labute approximate surface area is 178 Å². The zero-order chi connectivity index (χ0) is 20.7. The van der Waals surface area contributed by atoms with E-state index in [1.54, 1.807) is 17.4 Å². The van der Waals surface area contributed by atoms with Crippen LogP contribution in [-0.2, 0) is 19.6 Å². The molecule has 0 aromatic carbocycles. The van der Waals surface area contributed by atoms with Gasteiger partial charge in [-0.05, 0) is 31.4 Å². The lowest BCUT2D eigenvalue weighted by Gasteiger charge is -2.42. The summed E-state index contributed by atoms with van der Waals surface area (Å²) in [5, 5.41) is 12.6. The van der Waals surface area contributed by atoms with Crippen LogP contribution in [0, 0.1) is 12.8 Å². The molecule has 1 amide bonds. The third-order valence-electron chi connectivity index (χ3n) is 5.98. The van der Waals surface area contributed by atoms with Crippen molar-refractivity contribution in [2.45, 2.75) is 38.9 Å². The number of H-pyrrole nitrogens is 1. The molecule has 0 saturated carbocycles. The zero-order valence-corrected chi connectivity index (χ0v) is 17.6. The van der Waals surface area contributed by atoms with Gasteiger partial charge in [-0.3, -0.25) is 19.6 Å². The molecule has 156 valence electrons. The van der Waals surface area contributed by atoms with E-state index in [-0.39, 0.29) is 17.0 Å². The highest BCUT2D eigenvalue weighted by atomic mass is 32.1. The molecule has 0 radical (unpaired) electrons. The van der Waals surface area contributed by atoms with Crippen molar-refractivity contribution in [3.63, 3.8) is 0 Å². The predicted molar refractivity (Wildman–Crippen MR) is 113 cm³/mol. The minimum Gasteiger partial charge on any atom is -0.346 e. The van der Waals surface area contributed by atoms with Crippen molar-refractivity contribution in [3.05, 3.63) is 67.8 Å². The Hall–Kier alpha value is -2.78. The normalized spacial score (nSPS) is 20.7. The average Bonchev–Trinajstić information content (AvgIpc) is 3.38. The number of aromatic nitrogens is 4. The number of carbonyl (C=O) groups excluding carboxylic acids is 1. The van der Waals surface area contributed by atoms with Crippen molar-refractivity contribution in [2.75, 3.05) is 13.1 Å². The standard InChI is InChI=1S/C21H24N6O2S/c1-13-25-17(12-30-13)7-22-20(28)18-2-3-19-16-4-14(10-27(19)21(18)29)8-26(11-16)9-15-5-23-24-6-15/h2-3,5-6,12,14,16H,4,7-11H2,1H3,(H,22,28)(H,23,24)/t14-,16+/m0/s1. The summed E-state index contributed by atoms with van der Waals surface area (Å²) in [7, 11) is 0. The van der Waals surface area contributed by atoms with Crippen LogP contribution in [0.1, 0.15) is 44.7 Å². The number of fused-ring (bicyclic) bond motifs is 4. The number of aromatic amines is 1. The highest BCUT2D eigenvalue weighted by molar-refractivity contribution is 7.09. The highest BCUT2D eigenvalue weighted by Crippen LogP contribution is 2.35. The maximum atomic E-state index is 13.1. The summed E-state index contributed by atoms with van der Waals surface area (Å²) in [5.74, 6) is 0.391. The van der Waals surface area contributed by atoms with Crippen molar-refractivity contribution in [1.82, 2.24) is 30.0 Å². The van der Waals surface area contributed by atoms with Gasteiger partial charge in [0.2, 0.25) is 0 Å². The van der Waals surface area contributed by atoms with Crippen molar-refractivity contribution in [1.29, 1.82) is 0 Å². The van der Waals surface area contributed by atoms with Crippen molar-refractivity contribution in [3.8, 4) is 0 Å². The SMILES string of the molecule is Cc1nc(CNC(=O)c2ccc3n(c2=O)C[C@H]2C[C@@H]3CN(Cc3cn[nH]c3)C2)cs1. The van der Waals surface area contributed by atoms with Crippen LogP contribution in [0.15, 0.2) is 34.7 Å². The summed E-state index contributed by atoms with van der Waals surface area (Å²) in [6.07, 6.45) is 4.89. The van der Waals surface area contributed by atoms with E-state index in [4.69, 9.17) is 0 Å². The van der Waals surface area contributed by atoms with Crippen molar-refractivity contribution >= 4 is 17.2 Å². The summed E-state index contributed by atoms with van der Waals surface area (Å²) in [5.41, 5.74) is 3.06. The molecule has 0 spiro atoms. The predicted octanol–water partition coefficient (Wildman–Crippen LogP) is 1.89. The average molecular weight is 425 g/mol. The summed E-state index contributed by atoms with van der Waals surface area (Å²) < 4.78 is 1.83. The Kier molecular flexibility index (Phi) is 5.00. The third-order valence-corrected chi connectivity index (χ3v) is 6.80. The summed E-state index contributed by atoms with van der Waals surface area (Å²) in [6.45, 7) is 5.66. The van der Waals surface area contributed by atoms with Gasteiger partial charge in [-0.1, -0.05) is 0 Å². The van der Waals surface area contributed by atoms with Gasteiger partial charge in [0, 0.05) is 54.9 Å². The highest BCUT2D eigenvalue weighted by Gasteiger charge is 2.35. The number of aryl methyl sites for hydroxylation is 1. The Balaban J connectivity index is 1.32. The van der Waals surface area contributed by atoms with Gasteiger partial charge in [0.1, 0.15) is 5.56 Å². The van der Waals surface area contributed by atoms with E-state index < -0.39 is 0 Å². The van der Waals surface area contributed by atoms with Crippen LogP contribution in [-0.4, -0.2) is 43.6 Å². The van der Waals surface area contributed by atoms with E-state index in [0.717, 1.165) is 42.5 Å². The molecule has 0 unspecified atom stereocenters. The minimum absolute atomic E-state index is 0.183. The summed E-state index contributed by atoms with van der Waals surface area (Å²) in [4.78, 5) is 32.5. The lowest BCUT2D eigenvalue weighted by Crippen LogP contribution is -2.47. The molecule has 1 fully saturated rings. The van der Waals surface area contributed by atoms with E-state index >= 15 is 0 Å². The zero-order valence-electron chi connectivity index (χ0n) is 16.8. The fourth-order valence-electron chi connectivity index (χ4n) is 4.72. The number of hydrogen-bond donors (Lipinski definition) is 2. The molecule has 8 nitrogen and oxygen atoms in total. The fraction of sp³-hybridized carbons (Fsp3) is 0.429. The molecule has 2 bridgehead atoms. The first-order chi connectivity index (χ1) is 14.6. The minimum atomic E-state index is -0.335. The summed E-state index contributed by atoms with van der Waals surface area (Å²) in [6, 6.07) is 3.65. The fourth-order valence-corrected chi connectivity index (χ4v) is 5.34. The molecule has 5 rings (SSSR count). The van der Waals surface area contributed by atoms with E-state index in [2.05, 4.69) is 25.4 Å². The van der Waals surface area contributed by atoms with Gasteiger partial charge in [-0.15, -0.1) is 11.3 Å². The second kappa shape index (κ2) is 7.81. The molecule has 1 saturated heterocycles. The van der Waals surface area contributed by atoms with Crippen molar-refractivity contribution < 1.29 is 4.79 Å². The second-order valence-electron chi connectivity index (χ2n) is 8.23. The Morgan fingerprint density at radius 1 is 1.33 bits per heavy atom. The Bertz CT molecular complexity index is 1120. The lowest BCUT2D eigenvalue weighted by atomic mass is 9.83. The second-order valence-corrected chi connectivity index (χ2v) is 9.29. The molecule has 3 aromatic heterocycles. The van der Waals surface area contributed by atoms with Gasteiger partial charge in [0.05, 0.1) is 23.4 Å². The van der Waals surface area contributed by atoms with Gasteiger partial charge in [0.15, 0.2) is 0 Å². The molecule has 2 atom stereocenters. The number of thiazole rings is 1. The number of hydrogen-bond acceptors (Lipinski definition) is 6. The first kappa shape index (κ1) is 19.2. The van der Waals surface area contributed by atoms with Crippen LogP contribution in [0.3, 0.4) is 0 Å². The molecular formula is C21H24N6O2S. The Morgan fingerprint density at radius 2 is 2.23 bits per heavy atom. The molecule has 0 aliphatic carbocycles. The molecular weight excluding hydrogens is 400 g/mol. The number of carbonyl (C=O) groups is 1. The quantitative estimate of drug-likeness (QED) is 0.652. The molecule has 30 heavy (non-hydrogen) atoms. The number of pyridine rings is 1. The van der Waals surface area contributed by atoms with Crippen LogP contribution < -0.4 is 10.9 Å². The van der Waals surface area contributed by atoms with Crippen LogP contribution in [0.5, 0.6) is 0 Å². The van der Waals surface area contributed by atoms with Crippen LogP contribution >= 0.6 is 11.3 Å². The number of nitrogens with zero attached hydrogens (tertiary/aromatic N) is 4. The van der Waals surface area contributed by atoms with Crippen LogP contribution in [0.25, 0.3) is 0 Å². The van der Waals surface area contributed by atoms with Gasteiger partial charge in [-0.25, -0.2) is 4.98 Å². The summed E-state index contributed by atoms with van der Waals surface area (Å²) >= 11 is 1.55. The molecule has 5 heterocycles. The van der Waals surface area contributed by atoms with Crippen LogP contribution in [0.2, 0.25) is 0 Å². The number of likely N-dealkylation sites (tertiary alicyclic amines) is 1. The van der Waals surface area contributed by atoms with E-state index in [1.807, 2.05) is 35.3 Å². The number of piperidine rings is 1. The molecule has 2 aliphatic heterocycles. The maximum absolute atomic E-state index is 13.1. The first-order valence-electron chi connectivity index (χ1n) is 10.2. The topological polar surface area (TPSA) is 95.9 Å². The maximum Gasteiger partial charge on any atom is 0.263 e.